The van der Waals surface area contributed by atoms with Crippen LogP contribution in [0.15, 0.2) is 48.5 Å². The van der Waals surface area contributed by atoms with Gasteiger partial charge in [0.25, 0.3) is 0 Å². The zero-order valence-corrected chi connectivity index (χ0v) is 10.9. The normalized spacial score (nSPS) is 17.7. The highest BCUT2D eigenvalue weighted by molar-refractivity contribution is 6.31. The second-order valence-corrected chi connectivity index (χ2v) is 4.79. The quantitative estimate of drug-likeness (QED) is 0.775. The van der Waals surface area contributed by atoms with Gasteiger partial charge in [-0.05, 0) is 35.9 Å². The topological polar surface area (TPSA) is 12.2 Å². The minimum absolute atomic E-state index is 0.409. The molecule has 1 aliphatic heterocycles. The van der Waals surface area contributed by atoms with Crippen molar-refractivity contribution in [2.75, 3.05) is 18.6 Å². The second-order valence-electron chi connectivity index (χ2n) is 4.39. The zero-order chi connectivity index (χ0) is 12.5. The van der Waals surface area contributed by atoms with Gasteiger partial charge in [0.15, 0.2) is 0 Å². The molecule has 0 aromatic heterocycles. The van der Waals surface area contributed by atoms with Gasteiger partial charge < -0.3 is 9.64 Å². The van der Waals surface area contributed by atoms with Crippen LogP contribution in [0.5, 0.6) is 5.75 Å². The minimum Gasteiger partial charge on any atom is -0.497 e. The van der Waals surface area contributed by atoms with Crippen molar-refractivity contribution in [1.82, 2.24) is 0 Å². The van der Waals surface area contributed by atoms with Crippen LogP contribution in [-0.4, -0.2) is 13.7 Å². The number of hydrogen-bond acceptors (Lipinski definition) is 2. The van der Waals surface area contributed by atoms with Crippen LogP contribution in [0, 0.1) is 0 Å². The summed E-state index contributed by atoms with van der Waals surface area (Å²) in [6, 6.07) is 16.6. The third-order valence-corrected chi connectivity index (χ3v) is 3.62. The first-order valence-corrected chi connectivity index (χ1v) is 6.32. The van der Waals surface area contributed by atoms with Crippen LogP contribution < -0.4 is 9.64 Å². The van der Waals surface area contributed by atoms with Crippen LogP contribution in [0.25, 0.3) is 0 Å². The van der Waals surface area contributed by atoms with Crippen molar-refractivity contribution in [2.45, 2.75) is 6.04 Å². The molecule has 18 heavy (non-hydrogen) atoms. The average molecular weight is 260 g/mol. The molecule has 92 valence electrons. The molecule has 2 aromatic carbocycles. The van der Waals surface area contributed by atoms with E-state index in [2.05, 4.69) is 23.1 Å². The number of hydrogen-bond donors (Lipinski definition) is 0. The molecule has 1 heterocycles. The Morgan fingerprint density at radius 3 is 2.50 bits per heavy atom. The molecular formula is C15H14ClNO. The van der Waals surface area contributed by atoms with Gasteiger partial charge in [0.2, 0.25) is 0 Å². The van der Waals surface area contributed by atoms with E-state index >= 15 is 0 Å². The van der Waals surface area contributed by atoms with Crippen LogP contribution in [-0.2, 0) is 0 Å². The van der Waals surface area contributed by atoms with Crippen molar-refractivity contribution in [3.8, 4) is 5.75 Å². The Bertz CT molecular complexity index is 553. The molecule has 2 aromatic rings. The molecule has 0 amide bonds. The molecule has 0 N–H and O–H groups in total. The summed E-state index contributed by atoms with van der Waals surface area (Å²) in [7, 11) is 1.68. The third kappa shape index (κ3) is 2.04. The molecule has 0 bridgehead atoms. The molecule has 1 atom stereocenters. The summed E-state index contributed by atoms with van der Waals surface area (Å²) in [5, 5.41) is 0.846. The van der Waals surface area contributed by atoms with Gasteiger partial charge in [0, 0.05) is 17.3 Å². The SMILES string of the molecule is COc1ccc(N2C[C@H]2c2ccccc2Cl)cc1. The maximum atomic E-state index is 6.21. The Balaban J connectivity index is 1.79. The van der Waals surface area contributed by atoms with E-state index in [0.29, 0.717) is 6.04 Å². The van der Waals surface area contributed by atoms with Crippen LogP contribution in [0.2, 0.25) is 5.02 Å². The highest BCUT2D eigenvalue weighted by atomic mass is 35.5. The van der Waals surface area contributed by atoms with E-state index in [-0.39, 0.29) is 0 Å². The van der Waals surface area contributed by atoms with Crippen LogP contribution >= 0.6 is 11.6 Å². The first kappa shape index (κ1) is 11.4. The predicted molar refractivity (Wildman–Crippen MR) is 74.5 cm³/mol. The number of methoxy groups -OCH3 is 1. The van der Waals surface area contributed by atoms with Gasteiger partial charge in [-0.25, -0.2) is 0 Å². The number of anilines is 1. The molecule has 2 nitrogen and oxygen atoms in total. The molecule has 0 aliphatic carbocycles. The van der Waals surface area contributed by atoms with E-state index in [0.717, 1.165) is 17.3 Å². The predicted octanol–water partition coefficient (Wildman–Crippen LogP) is 3.91. The summed E-state index contributed by atoms with van der Waals surface area (Å²) in [6.07, 6.45) is 0. The lowest BCUT2D eigenvalue weighted by molar-refractivity contribution is 0.415. The van der Waals surface area contributed by atoms with Crippen molar-refractivity contribution in [3.63, 3.8) is 0 Å². The van der Waals surface area contributed by atoms with Gasteiger partial charge in [0.1, 0.15) is 5.75 Å². The van der Waals surface area contributed by atoms with Gasteiger partial charge in [-0.15, -0.1) is 0 Å². The van der Waals surface area contributed by atoms with Crippen molar-refractivity contribution in [3.05, 3.63) is 59.1 Å². The maximum absolute atomic E-state index is 6.21. The van der Waals surface area contributed by atoms with Gasteiger partial charge in [-0.3, -0.25) is 0 Å². The second kappa shape index (κ2) is 4.54. The first-order chi connectivity index (χ1) is 8.79. The lowest BCUT2D eigenvalue weighted by Crippen LogP contribution is -1.95. The monoisotopic (exact) mass is 259 g/mol. The van der Waals surface area contributed by atoms with Crippen LogP contribution in [0.3, 0.4) is 0 Å². The smallest absolute Gasteiger partial charge is 0.119 e. The highest BCUT2D eigenvalue weighted by Crippen LogP contribution is 2.42. The van der Waals surface area contributed by atoms with E-state index in [1.54, 1.807) is 7.11 Å². The number of ether oxygens (including phenoxy) is 1. The summed E-state index contributed by atoms with van der Waals surface area (Å²) >= 11 is 6.21. The Morgan fingerprint density at radius 2 is 1.83 bits per heavy atom. The molecule has 1 aliphatic rings. The Morgan fingerprint density at radius 1 is 1.11 bits per heavy atom. The fourth-order valence-corrected chi connectivity index (χ4v) is 2.47. The fourth-order valence-electron chi connectivity index (χ4n) is 2.21. The largest absolute Gasteiger partial charge is 0.497 e. The molecule has 0 unspecified atom stereocenters. The molecule has 0 spiro atoms. The van der Waals surface area contributed by atoms with Gasteiger partial charge in [-0.2, -0.15) is 0 Å². The lowest BCUT2D eigenvalue weighted by Gasteiger charge is -2.08. The standard InChI is InChI=1S/C15H14ClNO/c1-18-12-8-6-11(7-9-12)17-10-15(17)13-4-2-3-5-14(13)16/h2-9,15H,10H2,1H3/t15-,17?/m0/s1. The fraction of sp³-hybridized carbons (Fsp3) is 0.200. The van der Waals surface area contributed by atoms with Gasteiger partial charge in [0.05, 0.1) is 13.2 Å². The molecular weight excluding hydrogens is 246 g/mol. The number of nitrogens with zero attached hydrogens (tertiary/aromatic N) is 1. The van der Waals surface area contributed by atoms with Crippen LogP contribution in [0.1, 0.15) is 11.6 Å². The van der Waals surface area contributed by atoms with E-state index < -0.39 is 0 Å². The third-order valence-electron chi connectivity index (χ3n) is 3.28. The summed E-state index contributed by atoms with van der Waals surface area (Å²) in [5.41, 5.74) is 2.41. The van der Waals surface area contributed by atoms with E-state index in [1.807, 2.05) is 30.3 Å². The summed E-state index contributed by atoms with van der Waals surface area (Å²) in [4.78, 5) is 2.32. The number of benzene rings is 2. The molecule has 1 saturated heterocycles. The summed E-state index contributed by atoms with van der Waals surface area (Å²) in [5.74, 6) is 0.884. The van der Waals surface area contributed by atoms with Crippen molar-refractivity contribution >= 4 is 17.3 Å². The van der Waals surface area contributed by atoms with E-state index in [1.165, 1.54) is 11.3 Å². The minimum atomic E-state index is 0.409. The Kier molecular flexibility index (Phi) is 2.88. The number of rotatable bonds is 3. The Hall–Kier alpha value is -1.67. The zero-order valence-electron chi connectivity index (χ0n) is 10.1. The molecule has 1 fully saturated rings. The first-order valence-electron chi connectivity index (χ1n) is 5.95. The van der Waals surface area contributed by atoms with Crippen molar-refractivity contribution in [1.29, 1.82) is 0 Å². The van der Waals surface area contributed by atoms with E-state index in [9.17, 15) is 0 Å². The van der Waals surface area contributed by atoms with Gasteiger partial charge in [-0.1, -0.05) is 29.8 Å². The highest BCUT2D eigenvalue weighted by Gasteiger charge is 2.36. The van der Waals surface area contributed by atoms with Crippen molar-refractivity contribution < 1.29 is 4.74 Å². The van der Waals surface area contributed by atoms with Crippen molar-refractivity contribution in [2.24, 2.45) is 0 Å². The summed E-state index contributed by atoms with van der Waals surface area (Å²) < 4.78 is 5.16. The number of halogens is 1. The molecule has 3 rings (SSSR count). The molecule has 3 heteroatoms. The Labute approximate surface area is 112 Å². The summed E-state index contributed by atoms with van der Waals surface area (Å²) in [6.45, 7) is 1.02. The van der Waals surface area contributed by atoms with Crippen LogP contribution in [0.4, 0.5) is 5.69 Å². The maximum Gasteiger partial charge on any atom is 0.119 e. The van der Waals surface area contributed by atoms with Gasteiger partial charge >= 0.3 is 0 Å². The average Bonchev–Trinajstić information content (AvgIpc) is 3.20. The van der Waals surface area contributed by atoms with E-state index in [4.69, 9.17) is 16.3 Å². The lowest BCUT2D eigenvalue weighted by atomic mass is 10.1. The molecule has 0 saturated carbocycles. The molecule has 0 radical (unpaired) electrons.